The molecule has 0 aromatic carbocycles. The first-order valence-electron chi connectivity index (χ1n) is 2.61. The van der Waals surface area contributed by atoms with E-state index in [1.54, 1.807) is 0 Å². The Labute approximate surface area is 80.0 Å². The molecule has 0 aromatic rings. The molecule has 0 amide bonds. The molecule has 2 atom stereocenters. The molecule has 11 heavy (non-hydrogen) atoms. The molecule has 0 aliphatic carbocycles. The van der Waals surface area contributed by atoms with Crippen molar-refractivity contribution in [2.45, 2.75) is 11.9 Å². The minimum atomic E-state index is -1.32. The number of hydrogen-bond donors (Lipinski definition) is 1. The molecule has 64 valence electrons. The number of ether oxygens (including phenoxy) is 1. The highest BCUT2D eigenvalue weighted by Crippen LogP contribution is 2.17. The molecule has 2 nitrogen and oxygen atoms in total. The molecule has 0 radical (unpaired) electrons. The van der Waals surface area contributed by atoms with Gasteiger partial charge in [0.2, 0.25) is 0 Å². The van der Waals surface area contributed by atoms with Crippen molar-refractivity contribution >= 4 is 34.8 Å². The Hall–Kier alpha value is 0.270. The summed E-state index contributed by atoms with van der Waals surface area (Å²) in [6.07, 6.45) is -1.32. The molecule has 0 bridgehead atoms. The number of halogens is 3. The van der Waals surface area contributed by atoms with Crippen LogP contribution in [-0.2, 0) is 4.74 Å². The standard InChI is InChI=1S/C6H7Cl3O2/c1-3(7)5(9)11-6(10)4(2)8/h5-6,10H,1-2H2. The van der Waals surface area contributed by atoms with Gasteiger partial charge in [0.1, 0.15) is 0 Å². The summed E-state index contributed by atoms with van der Waals surface area (Å²) in [6, 6.07) is 0. The molecule has 0 rings (SSSR count). The van der Waals surface area contributed by atoms with Gasteiger partial charge >= 0.3 is 0 Å². The van der Waals surface area contributed by atoms with Crippen molar-refractivity contribution < 1.29 is 9.84 Å². The first kappa shape index (κ1) is 11.3. The van der Waals surface area contributed by atoms with Crippen LogP contribution in [0.15, 0.2) is 23.2 Å². The van der Waals surface area contributed by atoms with Crippen LogP contribution in [0.1, 0.15) is 0 Å². The van der Waals surface area contributed by atoms with Crippen LogP contribution in [0.25, 0.3) is 0 Å². The lowest BCUT2D eigenvalue weighted by Crippen LogP contribution is -2.17. The van der Waals surface area contributed by atoms with Crippen LogP contribution >= 0.6 is 34.8 Å². The zero-order chi connectivity index (χ0) is 9.02. The zero-order valence-corrected chi connectivity index (χ0v) is 7.83. The Balaban J connectivity index is 3.84. The molecule has 0 saturated carbocycles. The zero-order valence-electron chi connectivity index (χ0n) is 5.56. The van der Waals surface area contributed by atoms with Crippen LogP contribution in [0.5, 0.6) is 0 Å². The maximum atomic E-state index is 8.91. The summed E-state index contributed by atoms with van der Waals surface area (Å²) in [5.41, 5.74) is -0.970. The van der Waals surface area contributed by atoms with Crippen LogP contribution in [0.2, 0.25) is 0 Å². The highest BCUT2D eigenvalue weighted by molar-refractivity contribution is 6.36. The van der Waals surface area contributed by atoms with Crippen molar-refractivity contribution in [3.8, 4) is 0 Å². The second-order valence-electron chi connectivity index (χ2n) is 1.70. The van der Waals surface area contributed by atoms with Crippen molar-refractivity contribution in [3.63, 3.8) is 0 Å². The lowest BCUT2D eigenvalue weighted by Gasteiger charge is -2.13. The summed E-state index contributed by atoms with van der Waals surface area (Å²) in [5.74, 6) is 0. The van der Waals surface area contributed by atoms with Crippen LogP contribution in [0.4, 0.5) is 0 Å². The Bertz CT molecular complexity index is 151. The number of rotatable bonds is 4. The van der Waals surface area contributed by atoms with Crippen LogP contribution < -0.4 is 0 Å². The van der Waals surface area contributed by atoms with Crippen molar-refractivity contribution in [1.82, 2.24) is 0 Å². The van der Waals surface area contributed by atoms with Gasteiger partial charge in [0.05, 0.1) is 10.1 Å². The summed E-state index contributed by atoms with van der Waals surface area (Å²) in [6.45, 7) is 6.52. The fourth-order valence-electron chi connectivity index (χ4n) is 0.261. The minimum absolute atomic E-state index is 0.0615. The third-order valence-corrected chi connectivity index (χ3v) is 1.63. The summed E-state index contributed by atoms with van der Waals surface area (Å²) >= 11 is 16.1. The molecule has 1 N–H and O–H groups in total. The molecule has 0 heterocycles. The molecule has 5 heteroatoms. The van der Waals surface area contributed by atoms with E-state index in [1.807, 2.05) is 0 Å². The van der Waals surface area contributed by atoms with Crippen molar-refractivity contribution in [2.24, 2.45) is 0 Å². The molecular formula is C6H7Cl3O2. The molecule has 0 aliphatic rings. The first-order valence-corrected chi connectivity index (χ1v) is 3.80. The number of aliphatic hydroxyl groups is 1. The fourth-order valence-corrected chi connectivity index (χ4v) is 0.461. The molecule has 0 aliphatic heterocycles. The predicted molar refractivity (Wildman–Crippen MR) is 46.7 cm³/mol. The Morgan fingerprint density at radius 1 is 1.27 bits per heavy atom. The Morgan fingerprint density at radius 2 is 1.73 bits per heavy atom. The van der Waals surface area contributed by atoms with Gasteiger partial charge in [-0.3, -0.25) is 0 Å². The van der Waals surface area contributed by atoms with E-state index in [-0.39, 0.29) is 10.1 Å². The summed E-state index contributed by atoms with van der Waals surface area (Å²) in [4.78, 5) is 0. The fraction of sp³-hybridized carbons (Fsp3) is 0.333. The average Bonchev–Trinajstić information content (AvgIpc) is 1.87. The van der Waals surface area contributed by atoms with E-state index < -0.39 is 11.9 Å². The van der Waals surface area contributed by atoms with Crippen LogP contribution in [0.3, 0.4) is 0 Å². The van der Waals surface area contributed by atoms with E-state index >= 15 is 0 Å². The summed E-state index contributed by atoms with van der Waals surface area (Å²) < 4.78 is 4.63. The van der Waals surface area contributed by atoms with Crippen LogP contribution in [0, 0.1) is 0 Å². The van der Waals surface area contributed by atoms with Crippen molar-refractivity contribution in [1.29, 1.82) is 0 Å². The van der Waals surface area contributed by atoms with E-state index in [2.05, 4.69) is 17.9 Å². The third-order valence-electron chi connectivity index (χ3n) is 0.763. The molecule has 0 saturated heterocycles. The molecule has 0 fully saturated rings. The predicted octanol–water partition coefficient (Wildman–Crippen LogP) is 2.39. The second kappa shape index (κ2) is 5.01. The second-order valence-corrected chi connectivity index (χ2v) is 3.07. The van der Waals surface area contributed by atoms with Gasteiger partial charge in [-0.2, -0.15) is 0 Å². The Kier molecular flexibility index (Phi) is 5.13. The Morgan fingerprint density at radius 3 is 2.00 bits per heavy atom. The first-order chi connectivity index (χ1) is 4.95. The molecule has 0 spiro atoms. The number of hydrogen-bond acceptors (Lipinski definition) is 2. The quantitative estimate of drug-likeness (QED) is 0.579. The molecule has 2 unspecified atom stereocenters. The van der Waals surface area contributed by atoms with Crippen molar-refractivity contribution in [3.05, 3.63) is 23.2 Å². The van der Waals surface area contributed by atoms with E-state index in [4.69, 9.17) is 39.9 Å². The lowest BCUT2D eigenvalue weighted by molar-refractivity contribution is -0.0694. The smallest absolute Gasteiger partial charge is 0.193 e. The molecule has 0 aromatic heterocycles. The summed E-state index contributed by atoms with van der Waals surface area (Å²) in [5, 5.41) is 8.92. The van der Waals surface area contributed by atoms with E-state index in [9.17, 15) is 0 Å². The van der Waals surface area contributed by atoms with E-state index in [0.29, 0.717) is 0 Å². The maximum absolute atomic E-state index is 8.91. The van der Waals surface area contributed by atoms with Crippen molar-refractivity contribution in [2.75, 3.05) is 0 Å². The molecular weight excluding hydrogens is 210 g/mol. The third kappa shape index (κ3) is 4.67. The number of alkyl halides is 1. The van der Waals surface area contributed by atoms with Gasteiger partial charge in [0.15, 0.2) is 11.9 Å². The van der Waals surface area contributed by atoms with Crippen LogP contribution in [-0.4, -0.2) is 17.0 Å². The van der Waals surface area contributed by atoms with E-state index in [0.717, 1.165) is 0 Å². The normalized spacial score (nSPS) is 15.6. The number of aliphatic hydroxyl groups excluding tert-OH is 1. The SMILES string of the molecule is C=C(Cl)C(O)OC(Cl)C(=C)Cl. The topological polar surface area (TPSA) is 29.5 Å². The lowest BCUT2D eigenvalue weighted by atomic mass is 10.6. The maximum Gasteiger partial charge on any atom is 0.193 e. The largest absolute Gasteiger partial charge is 0.363 e. The monoisotopic (exact) mass is 216 g/mol. The summed E-state index contributed by atoms with van der Waals surface area (Å²) in [7, 11) is 0. The van der Waals surface area contributed by atoms with Gasteiger partial charge in [0.25, 0.3) is 0 Å². The van der Waals surface area contributed by atoms with Gasteiger partial charge < -0.3 is 9.84 Å². The minimum Gasteiger partial charge on any atom is -0.363 e. The highest BCUT2D eigenvalue weighted by Gasteiger charge is 2.14. The van der Waals surface area contributed by atoms with Gasteiger partial charge in [-0.1, -0.05) is 48.0 Å². The average molecular weight is 217 g/mol. The van der Waals surface area contributed by atoms with Gasteiger partial charge in [0, 0.05) is 0 Å². The van der Waals surface area contributed by atoms with Gasteiger partial charge in [-0.15, -0.1) is 0 Å². The van der Waals surface area contributed by atoms with Gasteiger partial charge in [-0.25, -0.2) is 0 Å². The van der Waals surface area contributed by atoms with E-state index in [1.165, 1.54) is 0 Å². The highest BCUT2D eigenvalue weighted by atomic mass is 35.5. The van der Waals surface area contributed by atoms with Gasteiger partial charge in [-0.05, 0) is 0 Å².